The average molecular weight is 484 g/mol. The molecule has 0 spiro atoms. The SMILES string of the molecule is CC(C)(CNC(=O)c1cccs1)[C@H](c1ccccc1)c1ccc2c(cnn2-c2ccc(F)cc2)c1. The molecule has 0 aliphatic carbocycles. The highest BCUT2D eigenvalue weighted by Crippen LogP contribution is 2.41. The van der Waals surface area contributed by atoms with Gasteiger partial charge in [0.25, 0.3) is 5.91 Å². The van der Waals surface area contributed by atoms with Crippen molar-refractivity contribution in [2.45, 2.75) is 19.8 Å². The van der Waals surface area contributed by atoms with E-state index in [1.54, 1.807) is 12.1 Å². The largest absolute Gasteiger partial charge is 0.351 e. The number of benzene rings is 3. The molecule has 6 heteroatoms. The van der Waals surface area contributed by atoms with E-state index in [9.17, 15) is 9.18 Å². The monoisotopic (exact) mass is 483 g/mol. The van der Waals surface area contributed by atoms with Gasteiger partial charge < -0.3 is 5.32 Å². The van der Waals surface area contributed by atoms with Crippen molar-refractivity contribution >= 4 is 28.1 Å². The van der Waals surface area contributed by atoms with Gasteiger partial charge in [-0.1, -0.05) is 56.3 Å². The lowest BCUT2D eigenvalue weighted by Crippen LogP contribution is -2.38. The molecule has 0 bridgehead atoms. The summed E-state index contributed by atoms with van der Waals surface area (Å²) in [5.41, 5.74) is 3.83. The number of halogens is 1. The fourth-order valence-electron chi connectivity index (χ4n) is 4.66. The second-order valence-electron chi connectivity index (χ2n) is 9.34. The van der Waals surface area contributed by atoms with Crippen LogP contribution < -0.4 is 5.32 Å². The van der Waals surface area contributed by atoms with E-state index in [2.05, 4.69) is 54.6 Å². The Balaban J connectivity index is 1.50. The number of carbonyl (C=O) groups excluding carboxylic acids is 1. The fourth-order valence-corrected chi connectivity index (χ4v) is 5.30. The normalized spacial score (nSPS) is 12.5. The first-order chi connectivity index (χ1) is 16.9. The standard InChI is InChI=1S/C29H26FN3OS/c1-29(2,19-31-28(34)26-9-6-16-35-26)27(20-7-4-3-5-8-20)21-10-15-25-22(17-21)18-32-33(25)24-13-11-23(30)12-14-24/h3-18,27H,19H2,1-2H3,(H,31,34)/t27-/m1/s1. The van der Waals surface area contributed by atoms with E-state index in [4.69, 9.17) is 0 Å². The molecule has 2 aromatic heterocycles. The summed E-state index contributed by atoms with van der Waals surface area (Å²) in [6.07, 6.45) is 1.84. The van der Waals surface area contributed by atoms with Crippen LogP contribution in [0.25, 0.3) is 16.6 Å². The number of carbonyl (C=O) groups is 1. The van der Waals surface area contributed by atoms with Crippen LogP contribution in [0.15, 0.2) is 96.5 Å². The Kier molecular flexibility index (Phi) is 6.22. The molecular formula is C29H26FN3OS. The first-order valence-corrected chi connectivity index (χ1v) is 12.4. The second-order valence-corrected chi connectivity index (χ2v) is 10.3. The van der Waals surface area contributed by atoms with Crippen LogP contribution >= 0.6 is 11.3 Å². The molecule has 1 amide bonds. The minimum Gasteiger partial charge on any atom is -0.351 e. The van der Waals surface area contributed by atoms with E-state index >= 15 is 0 Å². The van der Waals surface area contributed by atoms with Gasteiger partial charge in [0.2, 0.25) is 0 Å². The van der Waals surface area contributed by atoms with Gasteiger partial charge in [-0.15, -0.1) is 11.3 Å². The molecule has 0 aliphatic heterocycles. The maximum absolute atomic E-state index is 13.4. The molecule has 0 radical (unpaired) electrons. The molecule has 176 valence electrons. The van der Waals surface area contributed by atoms with Gasteiger partial charge in [-0.25, -0.2) is 9.07 Å². The first-order valence-electron chi connectivity index (χ1n) is 11.5. The maximum Gasteiger partial charge on any atom is 0.261 e. The van der Waals surface area contributed by atoms with Crippen molar-refractivity contribution < 1.29 is 9.18 Å². The summed E-state index contributed by atoms with van der Waals surface area (Å²) < 4.78 is 15.2. The van der Waals surface area contributed by atoms with Crippen LogP contribution in [0.2, 0.25) is 0 Å². The fraction of sp³-hybridized carbons (Fsp3) is 0.172. The number of aromatic nitrogens is 2. The van der Waals surface area contributed by atoms with Crippen molar-refractivity contribution in [1.29, 1.82) is 0 Å². The van der Waals surface area contributed by atoms with Gasteiger partial charge in [0, 0.05) is 17.8 Å². The number of hydrogen-bond donors (Lipinski definition) is 1. The molecule has 35 heavy (non-hydrogen) atoms. The molecule has 2 heterocycles. The summed E-state index contributed by atoms with van der Waals surface area (Å²) in [6, 6.07) is 26.8. The average Bonchev–Trinajstić information content (AvgIpc) is 3.54. The van der Waals surface area contributed by atoms with Gasteiger partial charge in [0.05, 0.1) is 22.3 Å². The van der Waals surface area contributed by atoms with Crippen LogP contribution in [0.4, 0.5) is 4.39 Å². The molecule has 0 fully saturated rings. The van der Waals surface area contributed by atoms with Crippen LogP contribution in [0, 0.1) is 11.2 Å². The predicted molar refractivity (Wildman–Crippen MR) is 140 cm³/mol. The number of hydrogen-bond acceptors (Lipinski definition) is 3. The topological polar surface area (TPSA) is 46.9 Å². The Morgan fingerprint density at radius 3 is 2.49 bits per heavy atom. The van der Waals surface area contributed by atoms with E-state index < -0.39 is 0 Å². The number of amides is 1. The number of nitrogens with one attached hydrogen (secondary N) is 1. The smallest absolute Gasteiger partial charge is 0.261 e. The summed E-state index contributed by atoms with van der Waals surface area (Å²) in [4.78, 5) is 13.4. The Morgan fingerprint density at radius 2 is 1.77 bits per heavy atom. The first kappa shape index (κ1) is 23.0. The van der Waals surface area contributed by atoms with Gasteiger partial charge in [-0.05, 0) is 64.4 Å². The third-order valence-electron chi connectivity index (χ3n) is 6.36. The summed E-state index contributed by atoms with van der Waals surface area (Å²) in [7, 11) is 0. The minimum atomic E-state index is -0.272. The summed E-state index contributed by atoms with van der Waals surface area (Å²) >= 11 is 1.44. The van der Waals surface area contributed by atoms with Gasteiger partial charge in [0.1, 0.15) is 5.82 Å². The predicted octanol–water partition coefficient (Wildman–Crippen LogP) is 6.81. The van der Waals surface area contributed by atoms with E-state index in [0.717, 1.165) is 22.2 Å². The van der Waals surface area contributed by atoms with Crippen LogP contribution in [-0.2, 0) is 0 Å². The Morgan fingerprint density at radius 1 is 1.00 bits per heavy atom. The molecule has 0 unspecified atom stereocenters. The minimum absolute atomic E-state index is 0.0455. The van der Waals surface area contributed by atoms with Crippen molar-refractivity contribution in [1.82, 2.24) is 15.1 Å². The Bertz CT molecular complexity index is 1440. The molecule has 1 N–H and O–H groups in total. The number of fused-ring (bicyclic) bond motifs is 1. The van der Waals surface area contributed by atoms with Gasteiger partial charge in [0.15, 0.2) is 0 Å². The third-order valence-corrected chi connectivity index (χ3v) is 7.23. The van der Waals surface area contributed by atoms with Crippen LogP contribution in [0.5, 0.6) is 0 Å². The quantitative estimate of drug-likeness (QED) is 0.276. The highest BCUT2D eigenvalue weighted by molar-refractivity contribution is 7.12. The van der Waals surface area contributed by atoms with Crippen LogP contribution in [0.3, 0.4) is 0 Å². The molecular weight excluding hydrogens is 457 g/mol. The van der Waals surface area contributed by atoms with Crippen molar-refractivity contribution in [2.24, 2.45) is 5.41 Å². The third kappa shape index (κ3) is 4.75. The molecule has 1 atom stereocenters. The second kappa shape index (κ2) is 9.47. The zero-order valence-corrected chi connectivity index (χ0v) is 20.4. The van der Waals surface area contributed by atoms with E-state index in [-0.39, 0.29) is 23.1 Å². The molecule has 5 rings (SSSR count). The molecule has 5 aromatic rings. The molecule has 0 saturated heterocycles. The Hall–Kier alpha value is -3.77. The number of rotatable bonds is 7. The summed E-state index contributed by atoms with van der Waals surface area (Å²) in [5.74, 6) is -0.270. The number of nitrogens with zero attached hydrogens (tertiary/aromatic N) is 2. The molecule has 4 nitrogen and oxygen atoms in total. The van der Waals surface area contributed by atoms with Crippen molar-refractivity contribution in [3.05, 3.63) is 118 Å². The number of thiophene rings is 1. The lowest BCUT2D eigenvalue weighted by Gasteiger charge is -2.35. The van der Waals surface area contributed by atoms with Crippen molar-refractivity contribution in [2.75, 3.05) is 6.54 Å². The summed E-state index contributed by atoms with van der Waals surface area (Å²) in [6.45, 7) is 4.90. The molecule has 0 saturated carbocycles. The maximum atomic E-state index is 13.4. The van der Waals surface area contributed by atoms with Crippen LogP contribution in [-0.4, -0.2) is 22.2 Å². The highest BCUT2D eigenvalue weighted by atomic mass is 32.1. The summed E-state index contributed by atoms with van der Waals surface area (Å²) in [5, 5.41) is 10.6. The van der Waals surface area contributed by atoms with Gasteiger partial charge >= 0.3 is 0 Å². The zero-order valence-electron chi connectivity index (χ0n) is 19.6. The van der Waals surface area contributed by atoms with Crippen LogP contribution in [0.1, 0.15) is 40.6 Å². The van der Waals surface area contributed by atoms with E-state index in [0.29, 0.717) is 11.4 Å². The van der Waals surface area contributed by atoms with Gasteiger partial charge in [-0.2, -0.15) is 5.10 Å². The van der Waals surface area contributed by atoms with Crippen molar-refractivity contribution in [3.63, 3.8) is 0 Å². The van der Waals surface area contributed by atoms with E-state index in [1.165, 1.54) is 29.0 Å². The van der Waals surface area contributed by atoms with Gasteiger partial charge in [-0.3, -0.25) is 4.79 Å². The Labute approximate surface area is 208 Å². The van der Waals surface area contributed by atoms with E-state index in [1.807, 2.05) is 46.6 Å². The lowest BCUT2D eigenvalue weighted by molar-refractivity contribution is 0.0937. The molecule has 3 aromatic carbocycles. The zero-order chi connectivity index (χ0) is 24.4. The molecule has 0 aliphatic rings. The highest BCUT2D eigenvalue weighted by Gasteiger charge is 2.33. The van der Waals surface area contributed by atoms with Crippen molar-refractivity contribution in [3.8, 4) is 5.69 Å². The lowest BCUT2D eigenvalue weighted by atomic mass is 9.71.